The van der Waals surface area contributed by atoms with E-state index in [2.05, 4.69) is 13.8 Å². The van der Waals surface area contributed by atoms with E-state index in [1.165, 1.54) is 0 Å². The highest BCUT2D eigenvalue weighted by Crippen LogP contribution is 2.33. The van der Waals surface area contributed by atoms with Crippen molar-refractivity contribution in [3.63, 3.8) is 0 Å². The summed E-state index contributed by atoms with van der Waals surface area (Å²) in [6.07, 6.45) is 2.43. The van der Waals surface area contributed by atoms with E-state index >= 15 is 0 Å². The molecule has 88 valence electrons. The van der Waals surface area contributed by atoms with Crippen LogP contribution in [0.1, 0.15) is 38.2 Å². The van der Waals surface area contributed by atoms with Crippen LogP contribution in [-0.4, -0.2) is 14.9 Å². The molecule has 0 spiro atoms. The standard InChI is InChI=1S/C12H16O3S/c1-8(2)11-6-5-10(16(13)14)7-12(11)15-9-3-4-9/h5-9H,3-4H2,1-2H3,(H,13,14)/p-1. The zero-order valence-electron chi connectivity index (χ0n) is 9.43. The van der Waals surface area contributed by atoms with Crippen LogP contribution >= 0.6 is 0 Å². The summed E-state index contributed by atoms with van der Waals surface area (Å²) in [7, 11) is 0. The predicted molar refractivity (Wildman–Crippen MR) is 61.4 cm³/mol. The highest BCUT2D eigenvalue weighted by Gasteiger charge is 2.25. The number of rotatable bonds is 4. The summed E-state index contributed by atoms with van der Waals surface area (Å²) in [6, 6.07) is 5.09. The summed E-state index contributed by atoms with van der Waals surface area (Å²) in [5.41, 5.74) is 1.07. The molecule has 2 rings (SSSR count). The first-order valence-electron chi connectivity index (χ1n) is 5.48. The summed E-state index contributed by atoms with van der Waals surface area (Å²) in [4.78, 5) is 0.292. The maximum absolute atomic E-state index is 10.9. The van der Waals surface area contributed by atoms with Crippen molar-refractivity contribution in [2.75, 3.05) is 0 Å². The topological polar surface area (TPSA) is 49.4 Å². The Bertz CT molecular complexity index is 411. The summed E-state index contributed by atoms with van der Waals surface area (Å²) in [5.74, 6) is 1.06. The van der Waals surface area contributed by atoms with E-state index in [1.807, 2.05) is 6.07 Å². The minimum Gasteiger partial charge on any atom is -0.768 e. The Morgan fingerprint density at radius 3 is 2.62 bits per heavy atom. The summed E-state index contributed by atoms with van der Waals surface area (Å²) >= 11 is -2.19. The molecule has 1 fully saturated rings. The average Bonchev–Trinajstić information content (AvgIpc) is 3.01. The zero-order chi connectivity index (χ0) is 11.7. The molecule has 0 saturated heterocycles. The second-order valence-electron chi connectivity index (χ2n) is 4.41. The molecule has 1 unspecified atom stereocenters. The van der Waals surface area contributed by atoms with Gasteiger partial charge in [0.05, 0.1) is 6.10 Å². The Hall–Kier alpha value is -0.870. The zero-order valence-corrected chi connectivity index (χ0v) is 10.3. The molecule has 3 nitrogen and oxygen atoms in total. The lowest BCUT2D eigenvalue weighted by Gasteiger charge is -2.16. The normalized spacial score (nSPS) is 17.5. The lowest BCUT2D eigenvalue weighted by atomic mass is 10.0. The molecule has 0 N–H and O–H groups in total. The lowest BCUT2D eigenvalue weighted by Crippen LogP contribution is -2.02. The smallest absolute Gasteiger partial charge is 0.124 e. The van der Waals surface area contributed by atoms with Crippen molar-refractivity contribution in [2.45, 2.75) is 43.6 Å². The van der Waals surface area contributed by atoms with E-state index < -0.39 is 11.1 Å². The second kappa shape index (κ2) is 4.55. The van der Waals surface area contributed by atoms with Gasteiger partial charge in [-0.15, -0.1) is 0 Å². The Morgan fingerprint density at radius 2 is 2.12 bits per heavy atom. The molecule has 1 saturated carbocycles. The Morgan fingerprint density at radius 1 is 1.44 bits per heavy atom. The fourth-order valence-corrected chi connectivity index (χ4v) is 1.95. The molecule has 4 heteroatoms. The molecule has 1 aliphatic rings. The van der Waals surface area contributed by atoms with Crippen LogP contribution in [0.3, 0.4) is 0 Å². The van der Waals surface area contributed by atoms with Crippen LogP contribution in [0.25, 0.3) is 0 Å². The minimum absolute atomic E-state index is 0.285. The van der Waals surface area contributed by atoms with Crippen LogP contribution in [0, 0.1) is 0 Å². The van der Waals surface area contributed by atoms with Crippen molar-refractivity contribution in [3.8, 4) is 5.75 Å². The molecule has 0 radical (unpaired) electrons. The molecule has 1 atom stereocenters. The van der Waals surface area contributed by atoms with Crippen molar-refractivity contribution in [1.29, 1.82) is 0 Å². The fraction of sp³-hybridized carbons (Fsp3) is 0.500. The van der Waals surface area contributed by atoms with Crippen LogP contribution in [0.2, 0.25) is 0 Å². The van der Waals surface area contributed by atoms with Crippen molar-refractivity contribution in [3.05, 3.63) is 23.8 Å². The Balaban J connectivity index is 2.33. The maximum atomic E-state index is 10.9. The SMILES string of the molecule is CC(C)c1ccc(S(=O)[O-])cc1OC1CC1. The van der Waals surface area contributed by atoms with E-state index in [4.69, 9.17) is 4.74 Å². The van der Waals surface area contributed by atoms with E-state index in [0.717, 1.165) is 24.2 Å². The van der Waals surface area contributed by atoms with Gasteiger partial charge in [-0.25, -0.2) is 0 Å². The van der Waals surface area contributed by atoms with Gasteiger partial charge in [0.1, 0.15) is 5.75 Å². The summed E-state index contributed by atoms with van der Waals surface area (Å²) in [6.45, 7) is 4.14. The second-order valence-corrected chi connectivity index (χ2v) is 5.35. The van der Waals surface area contributed by atoms with Gasteiger partial charge in [0, 0.05) is 4.90 Å². The summed E-state index contributed by atoms with van der Waals surface area (Å²) < 4.78 is 27.5. The largest absolute Gasteiger partial charge is 0.768 e. The van der Waals surface area contributed by atoms with Crippen molar-refractivity contribution in [1.82, 2.24) is 0 Å². The van der Waals surface area contributed by atoms with Crippen LogP contribution in [0.5, 0.6) is 5.75 Å². The Labute approximate surface area is 98.1 Å². The van der Waals surface area contributed by atoms with Gasteiger partial charge in [-0.3, -0.25) is 4.21 Å². The molecule has 0 heterocycles. The first-order chi connectivity index (χ1) is 7.58. The third kappa shape index (κ3) is 2.62. The number of benzene rings is 1. The minimum atomic E-state index is -2.19. The highest BCUT2D eigenvalue weighted by atomic mass is 32.2. The van der Waals surface area contributed by atoms with Crippen LogP contribution < -0.4 is 4.74 Å². The van der Waals surface area contributed by atoms with Gasteiger partial charge >= 0.3 is 0 Å². The van der Waals surface area contributed by atoms with E-state index in [9.17, 15) is 8.76 Å². The van der Waals surface area contributed by atoms with Gasteiger partial charge in [0.25, 0.3) is 0 Å². The average molecular weight is 239 g/mol. The molecule has 1 aromatic rings. The summed E-state index contributed by atoms with van der Waals surface area (Å²) in [5, 5.41) is 0. The highest BCUT2D eigenvalue weighted by molar-refractivity contribution is 7.79. The van der Waals surface area contributed by atoms with Gasteiger partial charge in [-0.2, -0.15) is 0 Å². The number of hydrogen-bond acceptors (Lipinski definition) is 3. The molecule has 0 amide bonds. The van der Waals surface area contributed by atoms with E-state index in [-0.39, 0.29) is 6.10 Å². The quantitative estimate of drug-likeness (QED) is 0.759. The van der Waals surface area contributed by atoms with Crippen LogP contribution in [0.15, 0.2) is 23.1 Å². The van der Waals surface area contributed by atoms with Gasteiger partial charge in [0.2, 0.25) is 0 Å². The molecular weight excluding hydrogens is 224 g/mol. The molecule has 1 aromatic carbocycles. The van der Waals surface area contributed by atoms with Crippen molar-refractivity contribution in [2.24, 2.45) is 0 Å². The molecule has 0 bridgehead atoms. The predicted octanol–water partition coefficient (Wildman–Crippen LogP) is 2.59. The van der Waals surface area contributed by atoms with Gasteiger partial charge in [-0.1, -0.05) is 19.9 Å². The Kier molecular flexibility index (Phi) is 3.30. The lowest BCUT2D eigenvalue weighted by molar-refractivity contribution is 0.298. The third-order valence-corrected chi connectivity index (χ3v) is 3.26. The number of ether oxygens (including phenoxy) is 1. The van der Waals surface area contributed by atoms with E-state index in [1.54, 1.807) is 12.1 Å². The monoisotopic (exact) mass is 239 g/mol. The molecular formula is C12H15O3S-. The van der Waals surface area contributed by atoms with E-state index in [0.29, 0.717) is 10.8 Å². The van der Waals surface area contributed by atoms with Crippen LogP contribution in [-0.2, 0) is 11.1 Å². The third-order valence-electron chi connectivity index (χ3n) is 2.62. The van der Waals surface area contributed by atoms with Crippen molar-refractivity contribution >= 4 is 11.1 Å². The molecule has 0 aromatic heterocycles. The first kappa shape index (κ1) is 11.6. The maximum Gasteiger partial charge on any atom is 0.124 e. The molecule has 0 aliphatic heterocycles. The van der Waals surface area contributed by atoms with Crippen molar-refractivity contribution < 1.29 is 13.5 Å². The van der Waals surface area contributed by atoms with Crippen LogP contribution in [0.4, 0.5) is 0 Å². The van der Waals surface area contributed by atoms with Gasteiger partial charge < -0.3 is 9.29 Å². The fourth-order valence-electron chi connectivity index (χ4n) is 1.56. The molecule has 16 heavy (non-hydrogen) atoms. The first-order valence-corrected chi connectivity index (χ1v) is 6.55. The molecule has 1 aliphatic carbocycles. The number of hydrogen-bond donors (Lipinski definition) is 0. The van der Waals surface area contributed by atoms with Gasteiger partial charge in [0.15, 0.2) is 0 Å². The van der Waals surface area contributed by atoms with Gasteiger partial charge in [-0.05, 0) is 47.5 Å².